The summed E-state index contributed by atoms with van der Waals surface area (Å²) in [5, 5.41) is 12.5. The molecule has 3 N–H and O–H groups in total. The fraction of sp³-hybridized carbons (Fsp3) is 0.217. The average molecular weight is 348 g/mol. The molecule has 0 aromatic heterocycles. The van der Waals surface area contributed by atoms with Gasteiger partial charge in [-0.3, -0.25) is 0 Å². The first-order valence-electron chi connectivity index (χ1n) is 9.11. The summed E-state index contributed by atoms with van der Waals surface area (Å²) in [6.07, 6.45) is 0.474. The van der Waals surface area contributed by atoms with E-state index in [0.29, 0.717) is 0 Å². The van der Waals surface area contributed by atoms with E-state index in [1.165, 1.54) is 11.1 Å². The van der Waals surface area contributed by atoms with Crippen LogP contribution in [0, 0.1) is 0 Å². The van der Waals surface area contributed by atoms with Crippen molar-refractivity contribution < 1.29 is 15.2 Å². The van der Waals surface area contributed by atoms with Crippen LogP contribution in [0.3, 0.4) is 0 Å². The number of hydrogen-bond donors (Lipinski definition) is 2. The first-order valence-corrected chi connectivity index (χ1v) is 9.11. The highest BCUT2D eigenvalue weighted by Crippen LogP contribution is 2.16. The summed E-state index contributed by atoms with van der Waals surface area (Å²) in [6.45, 7) is 2.29. The Bertz CT molecular complexity index is 757. The maximum atomic E-state index is 10.1. The second-order valence-electron chi connectivity index (χ2n) is 6.40. The molecule has 3 rings (SSSR count). The standard InChI is InChI=1S/C23H25NO2/c25-23(21-9-5-2-6-10-21)18-26-22-13-11-20(12-14-22)17-24-16-15-19-7-3-1-4-8-19/h1-14,23-25H,15-18H2/p+1/t23-/m0/s1. The predicted molar refractivity (Wildman–Crippen MR) is 104 cm³/mol. The summed E-state index contributed by atoms with van der Waals surface area (Å²) >= 11 is 0. The molecule has 0 aliphatic rings. The molecule has 0 saturated carbocycles. The minimum absolute atomic E-state index is 0.257. The van der Waals surface area contributed by atoms with Gasteiger partial charge in [0.15, 0.2) is 0 Å². The third-order valence-corrected chi connectivity index (χ3v) is 4.38. The number of quaternary nitrogens is 1. The Kier molecular flexibility index (Phi) is 6.82. The highest BCUT2D eigenvalue weighted by Gasteiger charge is 2.07. The van der Waals surface area contributed by atoms with E-state index in [1.807, 2.05) is 42.5 Å². The summed E-state index contributed by atoms with van der Waals surface area (Å²) in [5.41, 5.74) is 3.52. The largest absolute Gasteiger partial charge is 0.491 e. The molecule has 3 aromatic rings. The molecule has 0 bridgehead atoms. The molecule has 0 aliphatic carbocycles. The first-order chi connectivity index (χ1) is 12.8. The number of hydrogen-bond acceptors (Lipinski definition) is 2. The third-order valence-electron chi connectivity index (χ3n) is 4.38. The second kappa shape index (κ2) is 9.76. The van der Waals surface area contributed by atoms with Crippen LogP contribution in [-0.4, -0.2) is 18.3 Å². The monoisotopic (exact) mass is 348 g/mol. The minimum Gasteiger partial charge on any atom is -0.491 e. The Labute approximate surface area is 155 Å². The molecular weight excluding hydrogens is 322 g/mol. The Morgan fingerprint density at radius 1 is 0.769 bits per heavy atom. The smallest absolute Gasteiger partial charge is 0.119 e. The van der Waals surface area contributed by atoms with Gasteiger partial charge in [-0.05, 0) is 35.4 Å². The van der Waals surface area contributed by atoms with Gasteiger partial charge in [-0.2, -0.15) is 0 Å². The van der Waals surface area contributed by atoms with Crippen molar-refractivity contribution in [3.05, 3.63) is 102 Å². The molecule has 0 spiro atoms. The molecule has 0 saturated heterocycles. The lowest BCUT2D eigenvalue weighted by Crippen LogP contribution is -2.83. The van der Waals surface area contributed by atoms with Gasteiger partial charge in [0.2, 0.25) is 0 Å². The van der Waals surface area contributed by atoms with Gasteiger partial charge < -0.3 is 15.2 Å². The molecule has 3 nitrogen and oxygen atoms in total. The molecule has 0 unspecified atom stereocenters. The molecule has 1 atom stereocenters. The summed E-state index contributed by atoms with van der Waals surface area (Å²) in [7, 11) is 0. The molecule has 134 valence electrons. The summed E-state index contributed by atoms with van der Waals surface area (Å²) in [4.78, 5) is 0. The SMILES string of the molecule is O[C@@H](COc1ccc(C[NH2+]CCc2ccccc2)cc1)c1ccccc1. The molecule has 26 heavy (non-hydrogen) atoms. The van der Waals surface area contributed by atoms with Crippen LogP contribution in [0.15, 0.2) is 84.9 Å². The van der Waals surface area contributed by atoms with E-state index in [1.54, 1.807) is 0 Å². The maximum absolute atomic E-state index is 10.1. The van der Waals surface area contributed by atoms with Crippen molar-refractivity contribution >= 4 is 0 Å². The van der Waals surface area contributed by atoms with E-state index in [4.69, 9.17) is 4.74 Å². The Balaban J connectivity index is 1.39. The topological polar surface area (TPSA) is 46.1 Å². The lowest BCUT2D eigenvalue weighted by Gasteiger charge is -2.13. The number of ether oxygens (including phenoxy) is 1. The van der Waals surface area contributed by atoms with Crippen molar-refractivity contribution in [3.63, 3.8) is 0 Å². The van der Waals surface area contributed by atoms with Gasteiger partial charge >= 0.3 is 0 Å². The lowest BCUT2D eigenvalue weighted by molar-refractivity contribution is -0.670. The first kappa shape index (κ1) is 18.2. The van der Waals surface area contributed by atoms with E-state index in [0.717, 1.165) is 30.8 Å². The van der Waals surface area contributed by atoms with E-state index < -0.39 is 6.10 Å². The molecule has 0 aliphatic heterocycles. The van der Waals surface area contributed by atoms with Gasteiger partial charge in [-0.15, -0.1) is 0 Å². The van der Waals surface area contributed by atoms with E-state index >= 15 is 0 Å². The lowest BCUT2D eigenvalue weighted by atomic mass is 10.1. The summed E-state index contributed by atoms with van der Waals surface area (Å²) < 4.78 is 5.70. The molecule has 0 fully saturated rings. The number of benzene rings is 3. The van der Waals surface area contributed by atoms with Crippen molar-refractivity contribution in [1.82, 2.24) is 0 Å². The van der Waals surface area contributed by atoms with Gasteiger partial charge in [0, 0.05) is 12.0 Å². The van der Waals surface area contributed by atoms with Gasteiger partial charge in [-0.1, -0.05) is 60.7 Å². The minimum atomic E-state index is -0.609. The number of aliphatic hydroxyl groups is 1. The zero-order valence-electron chi connectivity index (χ0n) is 14.9. The van der Waals surface area contributed by atoms with E-state index in [9.17, 15) is 5.11 Å². The van der Waals surface area contributed by atoms with Crippen molar-refractivity contribution in [1.29, 1.82) is 0 Å². The molecule has 3 heteroatoms. The maximum Gasteiger partial charge on any atom is 0.119 e. The Morgan fingerprint density at radius 2 is 1.42 bits per heavy atom. The van der Waals surface area contributed by atoms with Gasteiger partial charge in [0.05, 0.1) is 6.54 Å². The summed E-state index contributed by atoms with van der Waals surface area (Å²) in [5.74, 6) is 0.785. The van der Waals surface area contributed by atoms with Crippen molar-refractivity contribution in [2.75, 3.05) is 13.2 Å². The van der Waals surface area contributed by atoms with Crippen LogP contribution in [0.4, 0.5) is 0 Å². The third kappa shape index (κ3) is 5.73. The predicted octanol–water partition coefficient (Wildman–Crippen LogP) is 3.11. The Morgan fingerprint density at radius 3 is 2.12 bits per heavy atom. The van der Waals surface area contributed by atoms with Crippen LogP contribution in [-0.2, 0) is 13.0 Å². The molecule has 0 amide bonds. The number of aliphatic hydroxyl groups excluding tert-OH is 1. The van der Waals surface area contributed by atoms with E-state index in [2.05, 4.69) is 47.8 Å². The van der Waals surface area contributed by atoms with Crippen LogP contribution in [0.5, 0.6) is 5.75 Å². The molecule has 0 radical (unpaired) electrons. The molecular formula is C23H26NO2+. The Hall–Kier alpha value is -2.62. The fourth-order valence-electron chi connectivity index (χ4n) is 2.85. The van der Waals surface area contributed by atoms with Crippen molar-refractivity contribution in [2.45, 2.75) is 19.1 Å². The van der Waals surface area contributed by atoms with Crippen LogP contribution >= 0.6 is 0 Å². The molecule has 0 heterocycles. The zero-order valence-corrected chi connectivity index (χ0v) is 14.9. The highest BCUT2D eigenvalue weighted by molar-refractivity contribution is 5.27. The zero-order chi connectivity index (χ0) is 18.0. The van der Waals surface area contributed by atoms with Gasteiger partial charge in [0.25, 0.3) is 0 Å². The van der Waals surface area contributed by atoms with Crippen LogP contribution in [0.2, 0.25) is 0 Å². The van der Waals surface area contributed by atoms with E-state index in [-0.39, 0.29) is 6.61 Å². The average Bonchev–Trinajstić information content (AvgIpc) is 2.72. The van der Waals surface area contributed by atoms with Crippen LogP contribution < -0.4 is 10.1 Å². The highest BCUT2D eigenvalue weighted by atomic mass is 16.5. The quantitative estimate of drug-likeness (QED) is 0.584. The fourth-order valence-corrected chi connectivity index (χ4v) is 2.85. The van der Waals surface area contributed by atoms with Crippen molar-refractivity contribution in [2.24, 2.45) is 0 Å². The van der Waals surface area contributed by atoms with Gasteiger partial charge in [0.1, 0.15) is 25.0 Å². The van der Waals surface area contributed by atoms with Crippen LogP contribution in [0.25, 0.3) is 0 Å². The number of nitrogens with two attached hydrogens (primary N) is 1. The van der Waals surface area contributed by atoms with Crippen LogP contribution in [0.1, 0.15) is 22.8 Å². The summed E-state index contributed by atoms with van der Waals surface area (Å²) in [6, 6.07) is 28.3. The molecule has 3 aromatic carbocycles. The number of rotatable bonds is 9. The second-order valence-corrected chi connectivity index (χ2v) is 6.40. The van der Waals surface area contributed by atoms with Crippen molar-refractivity contribution in [3.8, 4) is 5.75 Å². The normalized spacial score (nSPS) is 11.9. The van der Waals surface area contributed by atoms with Gasteiger partial charge in [-0.25, -0.2) is 0 Å².